The third-order valence-electron chi connectivity index (χ3n) is 3.14. The Bertz CT molecular complexity index is 771. The van der Waals surface area contributed by atoms with Gasteiger partial charge in [-0.2, -0.15) is 0 Å². The number of nitrogens with two attached hydrogens (primary N) is 1. The Morgan fingerprint density at radius 3 is 2.14 bits per heavy atom. The Labute approximate surface area is 153 Å². The summed E-state index contributed by atoms with van der Waals surface area (Å²) in [7, 11) is 0. The second kappa shape index (κ2) is 6.52. The smallest absolute Gasteiger partial charge is 0.0783 e. The van der Waals surface area contributed by atoms with Crippen LogP contribution >= 0.6 is 67.3 Å². The summed E-state index contributed by atoms with van der Waals surface area (Å²) in [5, 5.41) is 0. The van der Waals surface area contributed by atoms with E-state index in [1.165, 1.54) is 0 Å². The minimum atomic E-state index is -0.270. The van der Waals surface area contributed by atoms with E-state index in [0.717, 1.165) is 34.2 Å². The Hall–Kier alpha value is -0.180. The number of thiol groups is 1. The summed E-state index contributed by atoms with van der Waals surface area (Å²) in [5.74, 6) is 0. The molecule has 108 valence electrons. The van der Waals surface area contributed by atoms with E-state index in [9.17, 15) is 0 Å². The van der Waals surface area contributed by atoms with E-state index in [2.05, 4.69) is 73.4 Å². The second-order valence-corrected chi connectivity index (χ2v) is 9.50. The monoisotopic (exact) mass is 460 g/mol. The zero-order valence-corrected chi connectivity index (χ0v) is 16.3. The van der Waals surface area contributed by atoms with Crippen molar-refractivity contribution in [2.75, 3.05) is 0 Å². The van der Waals surface area contributed by atoms with E-state index < -0.39 is 0 Å². The van der Waals surface area contributed by atoms with E-state index in [1.807, 2.05) is 12.1 Å². The van der Waals surface area contributed by atoms with Crippen LogP contribution in [0.3, 0.4) is 0 Å². The second-order valence-electron chi connectivity index (χ2n) is 4.37. The van der Waals surface area contributed by atoms with E-state index in [0.29, 0.717) is 0 Å². The Kier molecular flexibility index (Phi) is 4.87. The fraction of sp³-hybridized carbons (Fsp3) is 0.0714. The minimum Gasteiger partial charge on any atom is -0.319 e. The lowest BCUT2D eigenvalue weighted by atomic mass is 9.90. The largest absolute Gasteiger partial charge is 0.319 e. The zero-order valence-electron chi connectivity index (χ0n) is 10.6. The third-order valence-corrected chi connectivity index (χ3v) is 6.68. The number of thiophene rings is 2. The minimum absolute atomic E-state index is 0.270. The van der Waals surface area contributed by atoms with Gasteiger partial charge >= 0.3 is 0 Å². The van der Waals surface area contributed by atoms with Crippen molar-refractivity contribution in [2.45, 2.75) is 6.04 Å². The molecule has 0 aromatic carbocycles. The molecule has 0 aliphatic heterocycles. The van der Waals surface area contributed by atoms with Gasteiger partial charge in [-0.3, -0.25) is 0 Å². The summed E-state index contributed by atoms with van der Waals surface area (Å²) in [4.78, 5) is 2.28. The molecule has 0 spiro atoms. The molecular weight excluding hydrogens is 452 g/mol. The van der Waals surface area contributed by atoms with Gasteiger partial charge in [0, 0.05) is 15.3 Å². The average molecular weight is 462 g/mol. The van der Waals surface area contributed by atoms with Crippen molar-refractivity contribution < 1.29 is 0 Å². The Balaban J connectivity index is 2.07. The molecule has 7 heteroatoms. The molecule has 0 fully saturated rings. The first kappa shape index (κ1) is 15.7. The van der Waals surface area contributed by atoms with Crippen LogP contribution in [0.5, 0.6) is 0 Å². The molecule has 1 atom stereocenters. The average Bonchev–Trinajstić information content (AvgIpc) is 3.07. The highest BCUT2D eigenvalue weighted by molar-refractivity contribution is 9.11. The van der Waals surface area contributed by atoms with Crippen molar-refractivity contribution in [3.05, 3.63) is 53.7 Å². The summed E-state index contributed by atoms with van der Waals surface area (Å²) in [6.07, 6.45) is 4.15. The number of nitrogens with zero attached hydrogens (tertiary/aromatic N) is 1. The van der Waals surface area contributed by atoms with Crippen molar-refractivity contribution >= 4 is 84.2 Å². The van der Waals surface area contributed by atoms with Crippen LogP contribution in [0, 0.1) is 0 Å². The standard InChI is InChI=1S/C14H10Br2N2S3/c15-11-5-3-9(20-11)7-1-2-8(14(18-19)13(7)17)10-4-6-12(16)21-10/h1-6,13,19H,17H2. The SMILES string of the molecule is NC1C(c2ccc(Br)s2)=CC=C(c2ccc(Br)s2)C1=NS. The summed E-state index contributed by atoms with van der Waals surface area (Å²) in [5.41, 5.74) is 9.31. The van der Waals surface area contributed by atoms with E-state index in [4.69, 9.17) is 5.73 Å². The van der Waals surface area contributed by atoms with Crippen LogP contribution in [0.15, 0.2) is 48.4 Å². The van der Waals surface area contributed by atoms with E-state index in [-0.39, 0.29) is 6.04 Å². The molecule has 3 rings (SSSR count). The molecule has 21 heavy (non-hydrogen) atoms. The maximum atomic E-state index is 6.41. The number of allylic oxidation sites excluding steroid dienone is 2. The molecule has 1 unspecified atom stereocenters. The van der Waals surface area contributed by atoms with Crippen LogP contribution in [-0.4, -0.2) is 11.8 Å². The fourth-order valence-corrected chi connectivity index (χ4v) is 5.27. The number of halogens is 2. The molecule has 0 amide bonds. The van der Waals surface area contributed by atoms with Gasteiger partial charge in [0.2, 0.25) is 0 Å². The summed E-state index contributed by atoms with van der Waals surface area (Å²) < 4.78 is 6.31. The Morgan fingerprint density at radius 2 is 1.62 bits per heavy atom. The normalized spacial score (nSPS) is 20.6. The van der Waals surface area contributed by atoms with E-state index in [1.54, 1.807) is 22.7 Å². The van der Waals surface area contributed by atoms with Gasteiger partial charge in [-0.1, -0.05) is 12.2 Å². The van der Waals surface area contributed by atoms with Gasteiger partial charge in [0.15, 0.2) is 0 Å². The highest BCUT2D eigenvalue weighted by Crippen LogP contribution is 2.37. The first-order valence-corrected chi connectivity index (χ1v) is 9.63. The van der Waals surface area contributed by atoms with Crippen LogP contribution < -0.4 is 5.73 Å². The maximum Gasteiger partial charge on any atom is 0.0783 e. The van der Waals surface area contributed by atoms with Crippen molar-refractivity contribution in [3.8, 4) is 0 Å². The van der Waals surface area contributed by atoms with Crippen LogP contribution in [0.25, 0.3) is 11.1 Å². The predicted octanol–water partition coefficient (Wildman–Crippen LogP) is 5.43. The van der Waals surface area contributed by atoms with E-state index >= 15 is 0 Å². The maximum absolute atomic E-state index is 6.41. The first-order chi connectivity index (χ1) is 10.1. The zero-order chi connectivity index (χ0) is 15.0. The van der Waals surface area contributed by atoms with Crippen LogP contribution in [0.1, 0.15) is 9.75 Å². The van der Waals surface area contributed by atoms with Crippen LogP contribution in [0.2, 0.25) is 0 Å². The highest BCUT2D eigenvalue weighted by atomic mass is 79.9. The van der Waals surface area contributed by atoms with Crippen LogP contribution in [0.4, 0.5) is 0 Å². The lowest BCUT2D eigenvalue weighted by Gasteiger charge is -2.22. The molecule has 0 saturated heterocycles. The van der Waals surface area contributed by atoms with Crippen molar-refractivity contribution in [3.63, 3.8) is 0 Å². The summed E-state index contributed by atoms with van der Waals surface area (Å²) in [6, 6.07) is 7.91. The molecule has 2 N–H and O–H groups in total. The van der Waals surface area contributed by atoms with Gasteiger partial charge in [-0.15, -0.1) is 22.7 Å². The lowest BCUT2D eigenvalue weighted by Crippen LogP contribution is -2.33. The van der Waals surface area contributed by atoms with Gasteiger partial charge in [0.05, 0.1) is 19.3 Å². The van der Waals surface area contributed by atoms with Gasteiger partial charge in [0.25, 0.3) is 0 Å². The first-order valence-electron chi connectivity index (χ1n) is 6.01. The van der Waals surface area contributed by atoms with Crippen LogP contribution in [-0.2, 0) is 0 Å². The summed E-state index contributed by atoms with van der Waals surface area (Å²) in [6.45, 7) is 0. The lowest BCUT2D eigenvalue weighted by molar-refractivity contribution is 1.11. The molecule has 0 saturated carbocycles. The highest BCUT2D eigenvalue weighted by Gasteiger charge is 2.26. The molecule has 0 bridgehead atoms. The molecule has 0 radical (unpaired) electrons. The van der Waals surface area contributed by atoms with Gasteiger partial charge in [-0.25, -0.2) is 4.40 Å². The molecular formula is C14H10Br2N2S3. The number of hydrogen-bond donors (Lipinski definition) is 2. The summed E-state index contributed by atoms with van der Waals surface area (Å²) >= 11 is 14.4. The number of rotatable bonds is 2. The van der Waals surface area contributed by atoms with Gasteiger partial charge in [0.1, 0.15) is 0 Å². The quantitative estimate of drug-likeness (QED) is 0.575. The van der Waals surface area contributed by atoms with Crippen molar-refractivity contribution in [2.24, 2.45) is 10.1 Å². The molecule has 2 heterocycles. The predicted molar refractivity (Wildman–Crippen MR) is 104 cm³/mol. The van der Waals surface area contributed by atoms with Gasteiger partial charge < -0.3 is 5.73 Å². The Morgan fingerprint density at radius 1 is 1.00 bits per heavy atom. The topological polar surface area (TPSA) is 38.4 Å². The van der Waals surface area contributed by atoms with Crippen molar-refractivity contribution in [1.82, 2.24) is 0 Å². The molecule has 2 aromatic rings. The molecule has 1 aliphatic carbocycles. The van der Waals surface area contributed by atoms with Crippen molar-refractivity contribution in [1.29, 1.82) is 0 Å². The molecule has 2 nitrogen and oxygen atoms in total. The molecule has 1 aliphatic rings. The third kappa shape index (κ3) is 3.13. The van der Waals surface area contributed by atoms with Gasteiger partial charge in [-0.05, 0) is 74.5 Å². The fourth-order valence-electron chi connectivity index (χ4n) is 2.17. The number of hydrogen-bond acceptors (Lipinski definition) is 5. The molecule has 2 aromatic heterocycles.